The lowest BCUT2D eigenvalue weighted by atomic mass is 9.74. The van der Waals surface area contributed by atoms with E-state index in [9.17, 15) is 0 Å². The average Bonchev–Trinajstić information content (AvgIpc) is 2.42. The van der Waals surface area contributed by atoms with E-state index in [1.807, 2.05) is 7.11 Å². The maximum atomic E-state index is 5.78. The van der Waals surface area contributed by atoms with Gasteiger partial charge in [-0.15, -0.1) is 0 Å². The van der Waals surface area contributed by atoms with Crippen LogP contribution in [0.4, 0.5) is 0 Å². The van der Waals surface area contributed by atoms with Gasteiger partial charge in [0, 0.05) is 13.2 Å². The number of hydrogen-bond donors (Lipinski definition) is 1. The monoisotopic (exact) mass is 261 g/mol. The highest BCUT2D eigenvalue weighted by Crippen LogP contribution is 2.41. The van der Waals surface area contributed by atoms with Crippen molar-refractivity contribution in [3.05, 3.63) is 35.4 Å². The lowest BCUT2D eigenvalue weighted by molar-refractivity contribution is -0.0837. The van der Waals surface area contributed by atoms with Gasteiger partial charge in [0.05, 0.1) is 5.60 Å². The number of methoxy groups -OCH3 is 1. The molecule has 1 N–H and O–H groups in total. The molecule has 19 heavy (non-hydrogen) atoms. The van der Waals surface area contributed by atoms with Gasteiger partial charge in [0.15, 0.2) is 0 Å². The summed E-state index contributed by atoms with van der Waals surface area (Å²) < 4.78 is 5.78. The molecule has 1 fully saturated rings. The second kappa shape index (κ2) is 6.53. The summed E-state index contributed by atoms with van der Waals surface area (Å²) >= 11 is 0. The SMILES string of the molecule is CCNC(CC1(OC)CCC1)c1ccc(CC)cc1. The molecule has 106 valence electrons. The van der Waals surface area contributed by atoms with E-state index >= 15 is 0 Å². The average molecular weight is 261 g/mol. The topological polar surface area (TPSA) is 21.3 Å². The summed E-state index contributed by atoms with van der Waals surface area (Å²) in [5.41, 5.74) is 2.92. The van der Waals surface area contributed by atoms with Crippen molar-refractivity contribution < 1.29 is 4.74 Å². The molecule has 0 radical (unpaired) electrons. The van der Waals surface area contributed by atoms with Crippen LogP contribution in [0.5, 0.6) is 0 Å². The molecule has 1 aromatic carbocycles. The first kappa shape index (κ1) is 14.5. The molecule has 0 bridgehead atoms. The molecule has 0 heterocycles. The number of aryl methyl sites for hydroxylation is 1. The molecule has 0 amide bonds. The Kier molecular flexibility index (Phi) is 5.00. The van der Waals surface area contributed by atoms with Crippen LogP contribution in [0.15, 0.2) is 24.3 Å². The number of hydrogen-bond acceptors (Lipinski definition) is 2. The van der Waals surface area contributed by atoms with Crippen LogP contribution in [0.1, 0.15) is 56.7 Å². The van der Waals surface area contributed by atoms with Crippen molar-refractivity contribution >= 4 is 0 Å². The highest BCUT2D eigenvalue weighted by atomic mass is 16.5. The predicted octanol–water partition coefficient (Wildman–Crippen LogP) is 3.86. The van der Waals surface area contributed by atoms with Crippen LogP contribution in [-0.2, 0) is 11.2 Å². The van der Waals surface area contributed by atoms with Gasteiger partial charge in [-0.05, 0) is 49.8 Å². The summed E-state index contributed by atoms with van der Waals surface area (Å²) in [7, 11) is 1.86. The smallest absolute Gasteiger partial charge is 0.0697 e. The van der Waals surface area contributed by atoms with E-state index < -0.39 is 0 Å². The van der Waals surface area contributed by atoms with E-state index in [1.54, 1.807) is 0 Å². The van der Waals surface area contributed by atoms with Crippen molar-refractivity contribution in [2.75, 3.05) is 13.7 Å². The summed E-state index contributed by atoms with van der Waals surface area (Å²) in [6.07, 6.45) is 5.91. The summed E-state index contributed by atoms with van der Waals surface area (Å²) in [5.74, 6) is 0. The largest absolute Gasteiger partial charge is 0.378 e. The van der Waals surface area contributed by atoms with Crippen LogP contribution in [0.25, 0.3) is 0 Å². The third kappa shape index (κ3) is 3.37. The van der Waals surface area contributed by atoms with Gasteiger partial charge < -0.3 is 10.1 Å². The molecule has 1 atom stereocenters. The third-order valence-electron chi connectivity index (χ3n) is 4.51. The Hall–Kier alpha value is -0.860. The second-order valence-corrected chi connectivity index (χ2v) is 5.65. The van der Waals surface area contributed by atoms with Crippen molar-refractivity contribution in [1.29, 1.82) is 0 Å². The maximum absolute atomic E-state index is 5.78. The standard InChI is InChI=1S/C17H27NO/c1-4-14-7-9-15(10-8-14)16(18-5-2)13-17(19-3)11-6-12-17/h7-10,16,18H,4-6,11-13H2,1-3H3. The van der Waals surface area contributed by atoms with Gasteiger partial charge in [-0.2, -0.15) is 0 Å². The van der Waals surface area contributed by atoms with Gasteiger partial charge in [0.1, 0.15) is 0 Å². The summed E-state index contributed by atoms with van der Waals surface area (Å²) in [6, 6.07) is 9.46. The minimum absolute atomic E-state index is 0.121. The Balaban J connectivity index is 2.09. The van der Waals surface area contributed by atoms with Gasteiger partial charge >= 0.3 is 0 Å². The summed E-state index contributed by atoms with van der Waals surface area (Å²) in [4.78, 5) is 0. The highest BCUT2D eigenvalue weighted by molar-refractivity contribution is 5.25. The lowest BCUT2D eigenvalue weighted by Crippen LogP contribution is -2.42. The minimum atomic E-state index is 0.121. The predicted molar refractivity (Wildman–Crippen MR) is 80.4 cm³/mol. The molecule has 0 aromatic heterocycles. The third-order valence-corrected chi connectivity index (χ3v) is 4.51. The molecule has 2 rings (SSSR count). The van der Waals surface area contributed by atoms with Gasteiger partial charge in [0.25, 0.3) is 0 Å². The maximum Gasteiger partial charge on any atom is 0.0697 e. The molecule has 1 aliphatic rings. The van der Waals surface area contributed by atoms with Gasteiger partial charge in [-0.25, -0.2) is 0 Å². The Bertz CT molecular complexity index is 375. The fraction of sp³-hybridized carbons (Fsp3) is 0.647. The molecule has 1 aliphatic carbocycles. The zero-order chi connectivity index (χ0) is 13.7. The molecule has 0 aliphatic heterocycles. The number of ether oxygens (including phenoxy) is 1. The van der Waals surface area contributed by atoms with Crippen LogP contribution in [0, 0.1) is 0 Å². The minimum Gasteiger partial charge on any atom is -0.378 e. The van der Waals surface area contributed by atoms with Crippen molar-refractivity contribution in [3.63, 3.8) is 0 Å². The Labute approximate surface area is 117 Å². The normalized spacial score (nSPS) is 18.9. The summed E-state index contributed by atoms with van der Waals surface area (Å²) in [5, 5.41) is 3.61. The molecule has 1 aromatic rings. The highest BCUT2D eigenvalue weighted by Gasteiger charge is 2.39. The lowest BCUT2D eigenvalue weighted by Gasteiger charge is -2.43. The van der Waals surface area contributed by atoms with E-state index in [0.717, 1.165) is 19.4 Å². The van der Waals surface area contributed by atoms with Crippen LogP contribution >= 0.6 is 0 Å². The molecule has 2 heteroatoms. The van der Waals surface area contributed by atoms with E-state index in [2.05, 4.69) is 43.4 Å². The van der Waals surface area contributed by atoms with Crippen LogP contribution in [0.2, 0.25) is 0 Å². The molecule has 1 saturated carbocycles. The van der Waals surface area contributed by atoms with E-state index in [4.69, 9.17) is 4.74 Å². The second-order valence-electron chi connectivity index (χ2n) is 5.65. The van der Waals surface area contributed by atoms with Crippen LogP contribution < -0.4 is 5.32 Å². The first-order valence-electron chi connectivity index (χ1n) is 7.60. The first-order valence-corrected chi connectivity index (χ1v) is 7.60. The van der Waals surface area contributed by atoms with Crippen molar-refractivity contribution in [3.8, 4) is 0 Å². The molecular formula is C17H27NO. The fourth-order valence-electron chi connectivity index (χ4n) is 2.97. The summed E-state index contributed by atoms with van der Waals surface area (Å²) in [6.45, 7) is 5.37. The van der Waals surface area contributed by atoms with Crippen LogP contribution in [0.3, 0.4) is 0 Å². The first-order chi connectivity index (χ1) is 9.23. The Morgan fingerprint density at radius 1 is 1.21 bits per heavy atom. The zero-order valence-electron chi connectivity index (χ0n) is 12.5. The number of benzene rings is 1. The molecule has 2 nitrogen and oxygen atoms in total. The van der Waals surface area contributed by atoms with Gasteiger partial charge in [-0.3, -0.25) is 0 Å². The molecular weight excluding hydrogens is 234 g/mol. The van der Waals surface area contributed by atoms with E-state index in [1.165, 1.54) is 30.4 Å². The number of nitrogens with one attached hydrogen (secondary N) is 1. The van der Waals surface area contributed by atoms with Gasteiger partial charge in [0.2, 0.25) is 0 Å². The quantitative estimate of drug-likeness (QED) is 0.804. The van der Waals surface area contributed by atoms with E-state index in [0.29, 0.717) is 6.04 Å². The molecule has 0 spiro atoms. The molecule has 0 saturated heterocycles. The number of rotatable bonds is 7. The Morgan fingerprint density at radius 3 is 2.32 bits per heavy atom. The van der Waals surface area contributed by atoms with E-state index in [-0.39, 0.29) is 5.60 Å². The molecule has 1 unspecified atom stereocenters. The van der Waals surface area contributed by atoms with Crippen molar-refractivity contribution in [2.45, 2.75) is 57.6 Å². The zero-order valence-corrected chi connectivity index (χ0v) is 12.5. The fourth-order valence-corrected chi connectivity index (χ4v) is 2.97. The van der Waals surface area contributed by atoms with Gasteiger partial charge in [-0.1, -0.05) is 38.1 Å². The van der Waals surface area contributed by atoms with Crippen molar-refractivity contribution in [2.24, 2.45) is 0 Å². The van der Waals surface area contributed by atoms with Crippen LogP contribution in [-0.4, -0.2) is 19.3 Å². The Morgan fingerprint density at radius 2 is 1.89 bits per heavy atom. The van der Waals surface area contributed by atoms with Crippen molar-refractivity contribution in [1.82, 2.24) is 5.32 Å².